The first-order valence-corrected chi connectivity index (χ1v) is 9.92. The molecule has 6 heteroatoms. The number of hydrogen-bond acceptors (Lipinski definition) is 3. The van der Waals surface area contributed by atoms with Crippen LogP contribution in [0, 0.1) is 19.8 Å². The highest BCUT2D eigenvalue weighted by Gasteiger charge is 2.35. The molecular formula is C23H27N3O3. The summed E-state index contributed by atoms with van der Waals surface area (Å²) in [6.45, 7) is 6.13. The number of carbonyl (C=O) groups excluding carboxylic acids is 3. The molecule has 1 fully saturated rings. The van der Waals surface area contributed by atoms with Gasteiger partial charge in [-0.25, -0.2) is 0 Å². The first kappa shape index (κ1) is 20.6. The molecule has 0 aromatic heterocycles. The summed E-state index contributed by atoms with van der Waals surface area (Å²) in [5.74, 6) is -1.09. The molecule has 6 nitrogen and oxygen atoms in total. The molecule has 3 amide bonds. The quantitative estimate of drug-likeness (QED) is 0.792. The van der Waals surface area contributed by atoms with Gasteiger partial charge in [-0.3, -0.25) is 14.4 Å². The van der Waals surface area contributed by atoms with Crippen LogP contribution >= 0.6 is 0 Å². The standard InChI is InChI=1S/C23H27N3O3/c1-4-17-8-10-19(11-9-17)26-14-18(12-21(26)28)23(29)24-13-20(27)25-22-15(2)6-5-7-16(22)3/h5-11,18H,4,12-14H2,1-3H3,(H,24,29)(H,25,27)/t18-/m1/s1. The summed E-state index contributed by atoms with van der Waals surface area (Å²) in [7, 11) is 0. The van der Waals surface area contributed by atoms with Crippen LogP contribution in [0.1, 0.15) is 30.0 Å². The van der Waals surface area contributed by atoms with Crippen LogP contribution < -0.4 is 15.5 Å². The Bertz CT molecular complexity index is 901. The number of benzene rings is 2. The Kier molecular flexibility index (Phi) is 6.32. The van der Waals surface area contributed by atoms with Crippen molar-refractivity contribution in [2.24, 2.45) is 5.92 Å². The zero-order valence-electron chi connectivity index (χ0n) is 17.1. The Morgan fingerprint density at radius 3 is 2.34 bits per heavy atom. The second-order valence-corrected chi connectivity index (χ2v) is 7.46. The lowest BCUT2D eigenvalue weighted by Crippen LogP contribution is -2.38. The summed E-state index contributed by atoms with van der Waals surface area (Å²) in [6.07, 6.45) is 1.09. The molecule has 1 aliphatic rings. The highest BCUT2D eigenvalue weighted by Crippen LogP contribution is 2.25. The molecule has 0 bridgehead atoms. The molecule has 0 spiro atoms. The fourth-order valence-corrected chi connectivity index (χ4v) is 3.55. The van der Waals surface area contributed by atoms with Gasteiger partial charge in [0, 0.05) is 24.3 Å². The summed E-state index contributed by atoms with van der Waals surface area (Å²) in [6, 6.07) is 13.6. The van der Waals surface area contributed by atoms with Crippen LogP contribution in [0.2, 0.25) is 0 Å². The molecule has 1 saturated heterocycles. The van der Waals surface area contributed by atoms with E-state index in [1.54, 1.807) is 4.90 Å². The van der Waals surface area contributed by atoms with E-state index in [2.05, 4.69) is 17.6 Å². The third-order valence-corrected chi connectivity index (χ3v) is 5.32. The zero-order valence-corrected chi connectivity index (χ0v) is 17.1. The van der Waals surface area contributed by atoms with Crippen molar-refractivity contribution in [2.75, 3.05) is 23.3 Å². The fraction of sp³-hybridized carbons (Fsp3) is 0.348. The predicted octanol–water partition coefficient (Wildman–Crippen LogP) is 2.97. The van der Waals surface area contributed by atoms with Gasteiger partial charge in [-0.05, 0) is 49.1 Å². The van der Waals surface area contributed by atoms with Gasteiger partial charge in [0.25, 0.3) is 0 Å². The van der Waals surface area contributed by atoms with Crippen molar-refractivity contribution in [3.63, 3.8) is 0 Å². The smallest absolute Gasteiger partial charge is 0.243 e. The summed E-state index contributed by atoms with van der Waals surface area (Å²) in [5.41, 5.74) is 4.70. The van der Waals surface area contributed by atoms with E-state index in [9.17, 15) is 14.4 Å². The molecule has 29 heavy (non-hydrogen) atoms. The van der Waals surface area contributed by atoms with Gasteiger partial charge in [0.05, 0.1) is 12.5 Å². The molecule has 0 radical (unpaired) electrons. The van der Waals surface area contributed by atoms with Crippen LogP contribution in [-0.2, 0) is 20.8 Å². The Hall–Kier alpha value is -3.15. The van der Waals surface area contributed by atoms with E-state index >= 15 is 0 Å². The van der Waals surface area contributed by atoms with Crippen LogP contribution in [0.15, 0.2) is 42.5 Å². The van der Waals surface area contributed by atoms with Crippen molar-refractivity contribution in [3.8, 4) is 0 Å². The highest BCUT2D eigenvalue weighted by atomic mass is 16.2. The Labute approximate surface area is 171 Å². The van der Waals surface area contributed by atoms with Crippen LogP contribution in [0.3, 0.4) is 0 Å². The Morgan fingerprint density at radius 2 is 1.72 bits per heavy atom. The lowest BCUT2D eigenvalue weighted by atomic mass is 10.1. The van der Waals surface area contributed by atoms with Gasteiger partial charge in [0.2, 0.25) is 17.7 Å². The highest BCUT2D eigenvalue weighted by molar-refractivity contribution is 6.01. The maximum Gasteiger partial charge on any atom is 0.243 e. The van der Waals surface area contributed by atoms with E-state index in [4.69, 9.17) is 0 Å². The number of anilines is 2. The molecule has 2 aromatic rings. The fourth-order valence-electron chi connectivity index (χ4n) is 3.55. The van der Waals surface area contributed by atoms with Gasteiger partial charge in [-0.15, -0.1) is 0 Å². The number of aryl methyl sites for hydroxylation is 3. The topological polar surface area (TPSA) is 78.5 Å². The van der Waals surface area contributed by atoms with E-state index in [-0.39, 0.29) is 30.7 Å². The molecule has 3 rings (SSSR count). The molecule has 1 heterocycles. The maximum absolute atomic E-state index is 12.5. The first-order chi connectivity index (χ1) is 13.9. The minimum atomic E-state index is -0.457. The minimum absolute atomic E-state index is 0.0746. The summed E-state index contributed by atoms with van der Waals surface area (Å²) < 4.78 is 0. The molecule has 2 N–H and O–H groups in total. The number of rotatable bonds is 6. The zero-order chi connectivity index (χ0) is 21.0. The van der Waals surface area contributed by atoms with Crippen molar-refractivity contribution in [1.29, 1.82) is 0 Å². The number of hydrogen-bond donors (Lipinski definition) is 2. The average molecular weight is 393 g/mol. The molecule has 0 saturated carbocycles. The van der Waals surface area contributed by atoms with Crippen molar-refractivity contribution in [3.05, 3.63) is 59.2 Å². The Balaban J connectivity index is 1.54. The van der Waals surface area contributed by atoms with E-state index in [1.165, 1.54) is 5.56 Å². The van der Waals surface area contributed by atoms with Crippen LogP contribution in [0.4, 0.5) is 11.4 Å². The molecule has 1 aliphatic heterocycles. The van der Waals surface area contributed by atoms with E-state index in [0.29, 0.717) is 6.54 Å². The third kappa shape index (κ3) is 4.83. The molecule has 0 unspecified atom stereocenters. The predicted molar refractivity (Wildman–Crippen MR) is 114 cm³/mol. The molecular weight excluding hydrogens is 366 g/mol. The normalized spacial score (nSPS) is 16.0. The van der Waals surface area contributed by atoms with Gasteiger partial charge in [0.1, 0.15) is 0 Å². The van der Waals surface area contributed by atoms with Crippen molar-refractivity contribution >= 4 is 29.1 Å². The number of nitrogens with one attached hydrogen (secondary N) is 2. The van der Waals surface area contributed by atoms with Crippen molar-refractivity contribution in [1.82, 2.24) is 5.32 Å². The summed E-state index contributed by atoms with van der Waals surface area (Å²) in [4.78, 5) is 38.7. The first-order valence-electron chi connectivity index (χ1n) is 9.92. The number of amides is 3. The molecule has 152 valence electrons. The minimum Gasteiger partial charge on any atom is -0.347 e. The van der Waals surface area contributed by atoms with Crippen LogP contribution in [-0.4, -0.2) is 30.8 Å². The van der Waals surface area contributed by atoms with Crippen molar-refractivity contribution in [2.45, 2.75) is 33.6 Å². The van der Waals surface area contributed by atoms with Gasteiger partial charge < -0.3 is 15.5 Å². The van der Waals surface area contributed by atoms with Crippen molar-refractivity contribution < 1.29 is 14.4 Å². The monoisotopic (exact) mass is 393 g/mol. The second kappa shape index (κ2) is 8.90. The van der Waals surface area contributed by atoms with Crippen LogP contribution in [0.25, 0.3) is 0 Å². The number of carbonyl (C=O) groups is 3. The SMILES string of the molecule is CCc1ccc(N2C[C@H](C(=O)NCC(=O)Nc3c(C)cccc3C)CC2=O)cc1. The van der Waals surface area contributed by atoms with E-state index in [0.717, 1.165) is 28.9 Å². The second-order valence-electron chi connectivity index (χ2n) is 7.46. The molecule has 1 atom stereocenters. The molecule has 0 aliphatic carbocycles. The summed E-state index contributed by atoms with van der Waals surface area (Å²) >= 11 is 0. The molecule has 2 aromatic carbocycles. The lowest BCUT2D eigenvalue weighted by Gasteiger charge is -2.17. The van der Waals surface area contributed by atoms with E-state index in [1.807, 2.05) is 56.3 Å². The maximum atomic E-state index is 12.5. The largest absolute Gasteiger partial charge is 0.347 e. The lowest BCUT2D eigenvalue weighted by molar-refractivity contribution is -0.127. The number of nitrogens with zero attached hydrogens (tertiary/aromatic N) is 1. The Morgan fingerprint density at radius 1 is 1.07 bits per heavy atom. The van der Waals surface area contributed by atoms with Gasteiger partial charge >= 0.3 is 0 Å². The average Bonchev–Trinajstić information content (AvgIpc) is 3.11. The van der Waals surface area contributed by atoms with Gasteiger partial charge in [0.15, 0.2) is 0 Å². The van der Waals surface area contributed by atoms with Crippen LogP contribution in [0.5, 0.6) is 0 Å². The third-order valence-electron chi connectivity index (χ3n) is 5.32. The van der Waals surface area contributed by atoms with Gasteiger partial charge in [-0.2, -0.15) is 0 Å². The number of para-hydroxylation sites is 1. The van der Waals surface area contributed by atoms with E-state index < -0.39 is 5.92 Å². The van der Waals surface area contributed by atoms with Gasteiger partial charge in [-0.1, -0.05) is 37.3 Å². The summed E-state index contributed by atoms with van der Waals surface area (Å²) in [5, 5.41) is 5.51.